The fourth-order valence-corrected chi connectivity index (χ4v) is 1.75. The third kappa shape index (κ3) is 1.62. The molecule has 1 aliphatic heterocycles. The van der Waals surface area contributed by atoms with Gasteiger partial charge in [0.15, 0.2) is 6.17 Å². The first-order valence-electron chi connectivity index (χ1n) is 4.91. The highest BCUT2D eigenvalue weighted by Gasteiger charge is 2.42. The molecule has 0 unspecified atom stereocenters. The Morgan fingerprint density at radius 2 is 2.19 bits per heavy atom. The Morgan fingerprint density at radius 1 is 1.50 bits per heavy atom. The van der Waals surface area contributed by atoms with Crippen molar-refractivity contribution in [1.82, 2.24) is 0 Å². The highest BCUT2D eigenvalue weighted by Crippen LogP contribution is 2.35. The van der Waals surface area contributed by atoms with Gasteiger partial charge in [0.1, 0.15) is 18.0 Å². The zero-order chi connectivity index (χ0) is 11.8. The number of rotatable bonds is 1. The van der Waals surface area contributed by atoms with Crippen LogP contribution in [0, 0.1) is 5.82 Å². The van der Waals surface area contributed by atoms with Crippen molar-refractivity contribution in [3.8, 4) is 0 Å². The van der Waals surface area contributed by atoms with E-state index in [1.165, 1.54) is 19.1 Å². The van der Waals surface area contributed by atoms with E-state index in [-0.39, 0.29) is 18.2 Å². The van der Waals surface area contributed by atoms with Gasteiger partial charge in [-0.3, -0.25) is 0 Å². The monoisotopic (exact) mass is 226 g/mol. The normalized spacial score (nSPS) is 29.4. The molecule has 0 aromatic heterocycles. The first-order valence-corrected chi connectivity index (χ1v) is 4.91. The van der Waals surface area contributed by atoms with Crippen LogP contribution in [0.1, 0.15) is 12.5 Å². The zero-order valence-electron chi connectivity index (χ0n) is 8.78. The van der Waals surface area contributed by atoms with E-state index in [4.69, 9.17) is 10.5 Å². The lowest BCUT2D eigenvalue weighted by molar-refractivity contribution is 0.0923. The molecule has 0 saturated carbocycles. The number of hydrogen-bond donors (Lipinski definition) is 1. The third-order valence-corrected chi connectivity index (χ3v) is 2.75. The molecule has 0 bridgehead atoms. The van der Waals surface area contributed by atoms with Crippen LogP contribution in [0.5, 0.6) is 0 Å². The number of halogens is 2. The number of amidine groups is 1. The van der Waals surface area contributed by atoms with E-state index in [1.807, 2.05) is 0 Å². The molecule has 2 N–H and O–H groups in total. The van der Waals surface area contributed by atoms with Crippen LogP contribution >= 0.6 is 0 Å². The number of hydrogen-bond acceptors (Lipinski definition) is 3. The fourth-order valence-electron chi connectivity index (χ4n) is 1.75. The van der Waals surface area contributed by atoms with Gasteiger partial charge in [-0.15, -0.1) is 0 Å². The molecular formula is C11H12F2N2O. The van der Waals surface area contributed by atoms with Crippen molar-refractivity contribution in [3.63, 3.8) is 0 Å². The summed E-state index contributed by atoms with van der Waals surface area (Å²) in [6.07, 6.45) is -1.42. The molecular weight excluding hydrogens is 214 g/mol. The topological polar surface area (TPSA) is 47.6 Å². The summed E-state index contributed by atoms with van der Waals surface area (Å²) in [6.45, 7) is 1.30. The van der Waals surface area contributed by atoms with Crippen LogP contribution in [0.2, 0.25) is 0 Å². The van der Waals surface area contributed by atoms with Crippen molar-refractivity contribution in [3.05, 3.63) is 35.6 Å². The summed E-state index contributed by atoms with van der Waals surface area (Å²) in [5.74, 6) is -0.494. The van der Waals surface area contributed by atoms with Gasteiger partial charge in [-0.05, 0) is 13.0 Å². The molecule has 86 valence electrons. The molecule has 0 spiro atoms. The highest BCUT2D eigenvalue weighted by atomic mass is 19.1. The van der Waals surface area contributed by atoms with Crippen LogP contribution < -0.4 is 5.73 Å². The van der Waals surface area contributed by atoms with E-state index in [0.29, 0.717) is 0 Å². The maximum Gasteiger partial charge on any atom is 0.283 e. The van der Waals surface area contributed by atoms with Gasteiger partial charge in [-0.2, -0.15) is 0 Å². The van der Waals surface area contributed by atoms with E-state index in [9.17, 15) is 8.78 Å². The van der Waals surface area contributed by atoms with Crippen LogP contribution in [-0.2, 0) is 10.3 Å². The SMILES string of the molecule is C[C@]1(c2ccccc2F)N=C(N)OC[C@H]1F. The largest absolute Gasteiger partial charge is 0.462 e. The standard InChI is InChI=1S/C11H12F2N2O/c1-11(7-4-2-3-5-8(7)12)9(13)6-16-10(14)15-11/h2-5,9H,6H2,1H3,(H2,14,15)/t9-,11-/m1/s1. The minimum Gasteiger partial charge on any atom is -0.462 e. The minimum atomic E-state index is -1.42. The van der Waals surface area contributed by atoms with Crippen molar-refractivity contribution in [2.24, 2.45) is 10.7 Å². The Labute approximate surface area is 91.9 Å². The fraction of sp³-hybridized carbons (Fsp3) is 0.364. The number of nitrogens with zero attached hydrogens (tertiary/aromatic N) is 1. The molecule has 0 saturated heterocycles. The Bertz CT molecular complexity index is 436. The summed E-state index contributed by atoms with van der Waals surface area (Å²) in [5.41, 5.74) is 4.28. The lowest BCUT2D eigenvalue weighted by Crippen LogP contribution is -2.43. The van der Waals surface area contributed by atoms with Crippen LogP contribution in [0.4, 0.5) is 8.78 Å². The van der Waals surface area contributed by atoms with Gasteiger partial charge >= 0.3 is 0 Å². The molecule has 0 radical (unpaired) electrons. The summed E-state index contributed by atoms with van der Waals surface area (Å²) < 4.78 is 32.2. The zero-order valence-corrected chi connectivity index (χ0v) is 8.78. The van der Waals surface area contributed by atoms with E-state index < -0.39 is 17.5 Å². The van der Waals surface area contributed by atoms with Crippen LogP contribution in [0.25, 0.3) is 0 Å². The van der Waals surface area contributed by atoms with Gasteiger partial charge in [-0.25, -0.2) is 13.8 Å². The molecule has 0 aliphatic carbocycles. The first kappa shape index (κ1) is 10.9. The van der Waals surface area contributed by atoms with E-state index in [2.05, 4.69) is 4.99 Å². The average molecular weight is 226 g/mol. The van der Waals surface area contributed by atoms with Crippen LogP contribution in [0.3, 0.4) is 0 Å². The minimum absolute atomic E-state index is 0.111. The van der Waals surface area contributed by atoms with Gasteiger partial charge < -0.3 is 10.5 Å². The molecule has 16 heavy (non-hydrogen) atoms. The summed E-state index contributed by atoms with van der Waals surface area (Å²) in [5, 5.41) is 0. The van der Waals surface area contributed by atoms with Gasteiger partial charge in [0.25, 0.3) is 6.02 Å². The summed E-state index contributed by atoms with van der Waals surface area (Å²) in [7, 11) is 0. The Hall–Kier alpha value is -1.65. The molecule has 0 fully saturated rings. The van der Waals surface area contributed by atoms with Gasteiger partial charge in [0.2, 0.25) is 0 Å². The van der Waals surface area contributed by atoms with E-state index in [0.717, 1.165) is 0 Å². The number of alkyl halides is 1. The predicted molar refractivity (Wildman–Crippen MR) is 56.2 cm³/mol. The quantitative estimate of drug-likeness (QED) is 0.792. The number of nitrogens with two attached hydrogens (primary N) is 1. The summed E-state index contributed by atoms with van der Waals surface area (Å²) in [6, 6.07) is 5.84. The number of benzene rings is 1. The Kier molecular flexibility index (Phi) is 2.53. The van der Waals surface area contributed by atoms with Crippen molar-refractivity contribution in [2.45, 2.75) is 18.6 Å². The van der Waals surface area contributed by atoms with Crippen LogP contribution in [-0.4, -0.2) is 18.8 Å². The smallest absolute Gasteiger partial charge is 0.283 e. The molecule has 2 atom stereocenters. The molecule has 1 aliphatic rings. The molecule has 0 amide bonds. The molecule has 1 heterocycles. The second-order valence-corrected chi connectivity index (χ2v) is 3.86. The number of ether oxygens (including phenoxy) is 1. The van der Waals surface area contributed by atoms with Crippen molar-refractivity contribution < 1.29 is 13.5 Å². The predicted octanol–water partition coefficient (Wildman–Crippen LogP) is 1.72. The van der Waals surface area contributed by atoms with Gasteiger partial charge in [0, 0.05) is 5.56 Å². The second kappa shape index (κ2) is 3.73. The van der Waals surface area contributed by atoms with Crippen molar-refractivity contribution >= 4 is 6.02 Å². The molecule has 2 rings (SSSR count). The summed E-state index contributed by atoms with van der Waals surface area (Å²) >= 11 is 0. The Balaban J connectivity index is 2.52. The lowest BCUT2D eigenvalue weighted by Gasteiger charge is -2.33. The van der Waals surface area contributed by atoms with E-state index >= 15 is 0 Å². The van der Waals surface area contributed by atoms with Crippen molar-refractivity contribution in [1.29, 1.82) is 0 Å². The van der Waals surface area contributed by atoms with Crippen molar-refractivity contribution in [2.75, 3.05) is 6.61 Å². The maximum absolute atomic E-state index is 13.8. The first-order chi connectivity index (χ1) is 7.54. The number of aliphatic imine (C=N–C) groups is 1. The highest BCUT2D eigenvalue weighted by molar-refractivity contribution is 5.73. The third-order valence-electron chi connectivity index (χ3n) is 2.75. The molecule has 3 nitrogen and oxygen atoms in total. The summed E-state index contributed by atoms with van der Waals surface area (Å²) in [4.78, 5) is 3.88. The molecule has 1 aromatic carbocycles. The molecule has 5 heteroatoms. The second-order valence-electron chi connectivity index (χ2n) is 3.86. The molecule has 1 aromatic rings. The van der Waals surface area contributed by atoms with Gasteiger partial charge in [-0.1, -0.05) is 18.2 Å². The van der Waals surface area contributed by atoms with Gasteiger partial charge in [0.05, 0.1) is 0 Å². The van der Waals surface area contributed by atoms with E-state index in [1.54, 1.807) is 12.1 Å². The Morgan fingerprint density at radius 3 is 2.88 bits per heavy atom. The lowest BCUT2D eigenvalue weighted by atomic mass is 9.87. The van der Waals surface area contributed by atoms with Crippen LogP contribution in [0.15, 0.2) is 29.3 Å². The maximum atomic E-state index is 13.8. The average Bonchev–Trinajstić information content (AvgIpc) is 2.24.